The van der Waals surface area contributed by atoms with Crippen LogP contribution < -0.4 is 11.1 Å². The molecule has 0 saturated heterocycles. The van der Waals surface area contributed by atoms with E-state index in [1.807, 2.05) is 12.3 Å². The van der Waals surface area contributed by atoms with Crippen LogP contribution >= 0.6 is 11.3 Å². The summed E-state index contributed by atoms with van der Waals surface area (Å²) < 4.78 is 0. The van der Waals surface area contributed by atoms with Gasteiger partial charge in [-0.15, -0.1) is 11.3 Å². The number of ketones is 2. The van der Waals surface area contributed by atoms with Gasteiger partial charge in [-0.25, -0.2) is 4.98 Å². The number of primary amides is 1. The minimum absolute atomic E-state index is 0.159. The molecular weight excluding hydrogens is 502 g/mol. The number of fused-ring (bicyclic) bond motifs is 3. The highest BCUT2D eigenvalue weighted by molar-refractivity contribution is 7.13. The molecule has 1 heterocycles. The van der Waals surface area contributed by atoms with Crippen molar-refractivity contribution >= 4 is 39.6 Å². The number of rotatable bonds is 4. The molecule has 12 heteroatoms. The van der Waals surface area contributed by atoms with Crippen LogP contribution in [0, 0.1) is 11.8 Å². The zero-order valence-electron chi connectivity index (χ0n) is 19.8. The third-order valence-electron chi connectivity index (χ3n) is 7.65. The first-order valence-corrected chi connectivity index (χ1v) is 12.5. The van der Waals surface area contributed by atoms with E-state index in [9.17, 15) is 39.9 Å². The molecule has 8 N–H and O–H groups in total. The van der Waals surface area contributed by atoms with Crippen molar-refractivity contribution in [1.29, 1.82) is 0 Å². The predicted octanol–water partition coefficient (Wildman–Crippen LogP) is 1.87. The number of nitrogens with two attached hydrogens (primary N) is 1. The number of carbonyl (C=O) groups excluding carboxylic acids is 3. The molecule has 2 aromatic rings. The van der Waals surface area contributed by atoms with E-state index in [0.717, 1.165) is 5.69 Å². The highest BCUT2D eigenvalue weighted by Gasteiger charge is 2.64. The molecule has 0 bridgehead atoms. The SMILES string of the molecule is CCc1csc(Nc2ccc3c(c2O)C(=O)C2=C(O)[C@]4(O)C(=O)C(C(N)=O)=C(O)C[C@@H]4[C@@H](O)[C@@H]2[C@H]3C)n1. The topological polar surface area (TPSA) is 203 Å². The van der Waals surface area contributed by atoms with Crippen molar-refractivity contribution in [3.8, 4) is 5.75 Å². The van der Waals surface area contributed by atoms with Crippen LogP contribution in [0.3, 0.4) is 0 Å². The molecule has 0 radical (unpaired) electrons. The van der Waals surface area contributed by atoms with Gasteiger partial charge >= 0.3 is 0 Å². The molecule has 5 atom stereocenters. The normalized spacial score (nSPS) is 29.1. The first-order chi connectivity index (χ1) is 17.4. The fourth-order valence-electron chi connectivity index (χ4n) is 5.74. The van der Waals surface area contributed by atoms with E-state index in [1.165, 1.54) is 11.3 Å². The minimum Gasteiger partial charge on any atom is -0.511 e. The Bertz CT molecular complexity index is 1440. The van der Waals surface area contributed by atoms with Crippen molar-refractivity contribution in [3.05, 3.63) is 57.0 Å². The van der Waals surface area contributed by atoms with Crippen LogP contribution in [0.15, 0.2) is 40.2 Å². The molecule has 1 amide bonds. The number of allylic oxidation sites excluding steroid dienone is 1. The number of nitrogens with one attached hydrogen (secondary N) is 1. The minimum atomic E-state index is -2.86. The van der Waals surface area contributed by atoms with Gasteiger partial charge in [-0.3, -0.25) is 14.4 Å². The number of nitrogens with zero attached hydrogens (tertiary/aromatic N) is 1. The van der Waals surface area contributed by atoms with E-state index in [4.69, 9.17) is 5.73 Å². The van der Waals surface area contributed by atoms with E-state index in [-0.39, 0.29) is 11.3 Å². The highest BCUT2D eigenvalue weighted by atomic mass is 32.1. The van der Waals surface area contributed by atoms with Crippen LogP contribution in [0.4, 0.5) is 10.8 Å². The Morgan fingerprint density at radius 2 is 1.97 bits per heavy atom. The Hall–Kier alpha value is -3.74. The van der Waals surface area contributed by atoms with E-state index >= 15 is 0 Å². The lowest BCUT2D eigenvalue weighted by Gasteiger charge is -2.50. The Balaban J connectivity index is 1.65. The van der Waals surface area contributed by atoms with Crippen molar-refractivity contribution in [2.75, 3.05) is 5.32 Å². The number of aromatic nitrogens is 1. The maximum Gasteiger partial charge on any atom is 0.255 e. The van der Waals surface area contributed by atoms with Gasteiger partial charge in [0.2, 0.25) is 5.78 Å². The second-order valence-electron chi connectivity index (χ2n) is 9.54. The summed E-state index contributed by atoms with van der Waals surface area (Å²) in [7, 11) is 0. The first-order valence-electron chi connectivity index (χ1n) is 11.7. The zero-order valence-corrected chi connectivity index (χ0v) is 20.7. The van der Waals surface area contributed by atoms with Crippen molar-refractivity contribution in [2.45, 2.75) is 44.3 Å². The summed E-state index contributed by atoms with van der Waals surface area (Å²) in [4.78, 5) is 43.0. The van der Waals surface area contributed by atoms with Crippen molar-refractivity contribution in [1.82, 2.24) is 4.98 Å². The maximum atomic E-state index is 13.7. The molecule has 0 unspecified atom stereocenters. The molecule has 3 aliphatic carbocycles. The van der Waals surface area contributed by atoms with Gasteiger partial charge in [-0.1, -0.05) is 19.9 Å². The molecule has 5 rings (SSSR count). The summed E-state index contributed by atoms with van der Waals surface area (Å²) in [5.41, 5.74) is 2.25. The van der Waals surface area contributed by atoms with Crippen LogP contribution in [-0.2, 0) is 16.0 Å². The Morgan fingerprint density at radius 1 is 1.27 bits per heavy atom. The van der Waals surface area contributed by atoms with Crippen LogP contribution in [0.1, 0.15) is 47.8 Å². The number of Topliss-reactive ketones (excluding diaryl/α,β-unsaturated/α-hetero) is 2. The second kappa shape index (κ2) is 8.40. The number of amides is 1. The largest absolute Gasteiger partial charge is 0.511 e. The van der Waals surface area contributed by atoms with Gasteiger partial charge in [-0.05, 0) is 24.0 Å². The smallest absolute Gasteiger partial charge is 0.255 e. The third kappa shape index (κ3) is 3.32. The highest BCUT2D eigenvalue weighted by Crippen LogP contribution is 2.55. The van der Waals surface area contributed by atoms with Crippen molar-refractivity contribution < 1.29 is 39.9 Å². The number of aliphatic hydroxyl groups excluding tert-OH is 3. The lowest BCUT2D eigenvalue weighted by atomic mass is 9.56. The summed E-state index contributed by atoms with van der Waals surface area (Å²) in [5.74, 6) is -8.92. The lowest BCUT2D eigenvalue weighted by molar-refractivity contribution is -0.154. The average Bonchev–Trinajstić information content (AvgIpc) is 3.30. The number of phenolic OH excluding ortho intramolecular Hbond substituents is 1. The van der Waals surface area contributed by atoms with Crippen LogP contribution in [0.5, 0.6) is 5.75 Å². The fraction of sp³-hybridized carbons (Fsp3) is 0.360. The second-order valence-corrected chi connectivity index (χ2v) is 10.4. The van der Waals surface area contributed by atoms with Gasteiger partial charge in [-0.2, -0.15) is 0 Å². The maximum absolute atomic E-state index is 13.7. The molecule has 0 aliphatic heterocycles. The number of hydrogen-bond donors (Lipinski definition) is 7. The van der Waals surface area contributed by atoms with Gasteiger partial charge in [0, 0.05) is 29.2 Å². The number of thiazole rings is 1. The van der Waals surface area contributed by atoms with Gasteiger partial charge in [0.15, 0.2) is 22.3 Å². The monoisotopic (exact) mass is 527 g/mol. The summed E-state index contributed by atoms with van der Waals surface area (Å²) in [6.45, 7) is 3.62. The summed E-state index contributed by atoms with van der Waals surface area (Å²) >= 11 is 1.32. The number of phenols is 1. The van der Waals surface area contributed by atoms with Crippen LogP contribution in [-0.4, -0.2) is 59.7 Å². The first kappa shape index (κ1) is 24.9. The lowest BCUT2D eigenvalue weighted by Crippen LogP contribution is -2.62. The molecule has 11 nitrogen and oxygen atoms in total. The van der Waals surface area contributed by atoms with Crippen LogP contribution in [0.25, 0.3) is 0 Å². The molecule has 0 spiro atoms. The van der Waals surface area contributed by atoms with Crippen molar-refractivity contribution in [3.63, 3.8) is 0 Å². The number of benzene rings is 1. The zero-order chi connectivity index (χ0) is 27.0. The predicted molar refractivity (Wildman–Crippen MR) is 132 cm³/mol. The van der Waals surface area contributed by atoms with Crippen LogP contribution in [0.2, 0.25) is 0 Å². The van der Waals surface area contributed by atoms with E-state index in [1.54, 1.807) is 19.1 Å². The molecule has 37 heavy (non-hydrogen) atoms. The molecule has 0 fully saturated rings. The number of hydrogen-bond acceptors (Lipinski definition) is 11. The number of aryl methyl sites for hydroxylation is 1. The van der Waals surface area contributed by atoms with E-state index in [2.05, 4.69) is 10.3 Å². The Morgan fingerprint density at radius 3 is 2.59 bits per heavy atom. The Labute approximate surface area is 214 Å². The third-order valence-corrected chi connectivity index (χ3v) is 8.46. The van der Waals surface area contributed by atoms with E-state index < -0.39 is 81.8 Å². The van der Waals surface area contributed by atoms with Gasteiger partial charge in [0.05, 0.1) is 23.0 Å². The quantitative estimate of drug-likeness (QED) is 0.227. The summed E-state index contributed by atoms with van der Waals surface area (Å²) in [6, 6.07) is 3.19. The van der Waals surface area contributed by atoms with Gasteiger partial charge in [0.25, 0.3) is 5.91 Å². The summed E-state index contributed by atoms with van der Waals surface area (Å²) in [5, 5.41) is 60.5. The molecule has 3 aliphatic rings. The molecule has 0 saturated carbocycles. The number of aromatic hydroxyl groups is 1. The fourth-order valence-corrected chi connectivity index (χ4v) is 6.54. The van der Waals surface area contributed by atoms with E-state index in [0.29, 0.717) is 17.1 Å². The average molecular weight is 528 g/mol. The molecule has 1 aromatic carbocycles. The number of anilines is 2. The Kier molecular flexibility index (Phi) is 5.66. The van der Waals surface area contributed by atoms with Gasteiger partial charge < -0.3 is 36.6 Å². The summed E-state index contributed by atoms with van der Waals surface area (Å²) in [6.07, 6.45) is -1.37. The van der Waals surface area contributed by atoms with Crippen molar-refractivity contribution in [2.24, 2.45) is 17.6 Å². The van der Waals surface area contributed by atoms with Gasteiger partial charge in [0.1, 0.15) is 17.1 Å². The number of aliphatic hydroxyl groups is 4. The number of carbonyl (C=O) groups is 3. The standard InChI is InChI=1S/C25H25N3O8S/c1-3-9-7-37-24(27-9)28-12-5-4-10-8(2)14-17(20(32)15(10)19(12)31)22(34)25(36)11(18(14)30)6-13(29)16(21(25)33)23(26)35/h4-5,7-8,11,14,18,29-31,34,36H,3,6H2,1-2H3,(H2,26,35)(H,27,28)/t8-,11+,14+,18+,25+/m0/s1. The molecule has 1 aromatic heterocycles. The molecule has 194 valence electrons. The molecular formula is C25H25N3O8S.